The van der Waals surface area contributed by atoms with Crippen molar-refractivity contribution in [1.29, 1.82) is 0 Å². The molecule has 2 N–H and O–H groups in total. The summed E-state index contributed by atoms with van der Waals surface area (Å²) in [6.45, 7) is 4.30. The molecule has 434 valence electrons. The molecule has 0 amide bonds. The fourth-order valence-corrected chi connectivity index (χ4v) is 8.53. The van der Waals surface area contributed by atoms with E-state index in [2.05, 4.69) is 118 Å². The number of esters is 3. The summed E-state index contributed by atoms with van der Waals surface area (Å²) in [5.74, 6) is -1.59. The van der Waals surface area contributed by atoms with Crippen molar-refractivity contribution in [2.75, 3.05) is 26.4 Å². The molecule has 0 aliphatic heterocycles. The molecule has 0 rings (SSSR count). The minimum Gasteiger partial charge on any atom is -0.462 e. The van der Waals surface area contributed by atoms with Crippen molar-refractivity contribution >= 4 is 25.7 Å². The third-order valence-electron chi connectivity index (χ3n) is 12.2. The molecular formula is C64H107O11P. The number of aliphatic hydroxyl groups excluding tert-OH is 1. The number of carbonyl (C=O) groups is 3. The van der Waals surface area contributed by atoms with E-state index >= 15 is 0 Å². The topological polar surface area (TPSA) is 155 Å². The smallest absolute Gasteiger partial charge is 0.462 e. The van der Waals surface area contributed by atoms with Gasteiger partial charge in [-0.15, -0.1) is 0 Å². The average molecular weight is 1080 g/mol. The first kappa shape index (κ1) is 72.1. The van der Waals surface area contributed by atoms with E-state index < -0.39 is 57.8 Å². The van der Waals surface area contributed by atoms with Crippen LogP contribution in [0.1, 0.15) is 239 Å². The molecule has 0 aromatic heterocycles. The zero-order chi connectivity index (χ0) is 55.5. The Balaban J connectivity index is 4.84. The number of unbranched alkanes of at least 4 members (excludes halogenated alkanes) is 19. The normalized spacial score (nSPS) is 14.1. The monoisotopic (exact) mass is 1080 g/mol. The fraction of sp³-hybridized carbons (Fsp3) is 0.672. The van der Waals surface area contributed by atoms with E-state index in [1.54, 1.807) is 0 Å². The van der Waals surface area contributed by atoms with E-state index in [0.29, 0.717) is 19.3 Å². The van der Waals surface area contributed by atoms with Crippen molar-refractivity contribution in [2.45, 2.75) is 251 Å². The van der Waals surface area contributed by atoms with Crippen LogP contribution in [-0.4, -0.2) is 66.5 Å². The van der Waals surface area contributed by atoms with Crippen LogP contribution in [0.5, 0.6) is 0 Å². The van der Waals surface area contributed by atoms with Gasteiger partial charge in [0.15, 0.2) is 6.10 Å². The van der Waals surface area contributed by atoms with Gasteiger partial charge in [0.2, 0.25) is 0 Å². The van der Waals surface area contributed by atoms with E-state index in [0.717, 1.165) is 96.3 Å². The van der Waals surface area contributed by atoms with Gasteiger partial charge in [-0.25, -0.2) is 4.57 Å². The summed E-state index contributed by atoms with van der Waals surface area (Å²) in [5, 5.41) is 9.80. The summed E-state index contributed by atoms with van der Waals surface area (Å²) >= 11 is 0. The highest BCUT2D eigenvalue weighted by molar-refractivity contribution is 7.47. The Bertz CT molecular complexity index is 1690. The summed E-state index contributed by atoms with van der Waals surface area (Å²) in [6, 6.07) is 0. The van der Waals surface area contributed by atoms with E-state index in [-0.39, 0.29) is 25.9 Å². The first-order valence-corrected chi connectivity index (χ1v) is 31.3. The minimum absolute atomic E-state index is 0.0492. The lowest BCUT2D eigenvalue weighted by Gasteiger charge is -2.21. The summed E-state index contributed by atoms with van der Waals surface area (Å²) in [6.07, 6.45) is 69.2. The second-order valence-electron chi connectivity index (χ2n) is 19.4. The van der Waals surface area contributed by atoms with Gasteiger partial charge in [0.25, 0.3) is 0 Å². The second kappa shape index (κ2) is 57.3. The first-order chi connectivity index (χ1) is 37.2. The second-order valence-corrected chi connectivity index (χ2v) is 20.9. The minimum atomic E-state index is -4.78. The molecule has 3 atom stereocenters. The van der Waals surface area contributed by atoms with Crippen molar-refractivity contribution in [2.24, 2.45) is 0 Å². The molecule has 0 aromatic rings. The van der Waals surface area contributed by atoms with Gasteiger partial charge in [-0.1, -0.05) is 239 Å². The predicted octanol–water partition coefficient (Wildman–Crippen LogP) is 17.8. The Labute approximate surface area is 463 Å². The Morgan fingerprint density at radius 2 is 0.711 bits per heavy atom. The maximum Gasteiger partial charge on any atom is 0.472 e. The molecule has 12 heteroatoms. The van der Waals surface area contributed by atoms with Crippen molar-refractivity contribution in [3.05, 3.63) is 109 Å². The number of allylic oxidation sites excluding steroid dienone is 18. The Morgan fingerprint density at radius 3 is 1.13 bits per heavy atom. The number of aliphatic hydroxyl groups is 1. The average Bonchev–Trinajstić information content (AvgIpc) is 3.41. The van der Waals surface area contributed by atoms with Crippen molar-refractivity contribution in [3.63, 3.8) is 0 Å². The standard InChI is InChI=1S/C64H107O11P/c1-4-7-10-13-16-19-22-25-27-29-30-32-34-37-40-43-46-49-52-55-64(68)75-61(57-71-62(66)53-50-47-44-41-38-36-33-31-28-26-23-20-17-14-11-8-5-2)59-73-76(69,70)72-58-60(56-65)74-63(67)54-51-48-45-42-39-35-24-21-18-15-12-9-6-3/h7,9-10,12,16,18-19,21,25,27,30,32,35,37,39-40,45,48,60-61,65H,4-6,8,11,13-15,17,20,22-24,26,28-29,31,33-34,36,38,41-44,46-47,49-59H2,1-3H3,(H,69,70)/b10-7-,12-9-,19-16-,21-18-,27-25-,32-30-,39-35-,40-37-,48-45-. The van der Waals surface area contributed by atoms with Crippen molar-refractivity contribution in [3.8, 4) is 0 Å². The third kappa shape index (κ3) is 54.9. The van der Waals surface area contributed by atoms with Crippen LogP contribution in [0.4, 0.5) is 0 Å². The van der Waals surface area contributed by atoms with Gasteiger partial charge >= 0.3 is 25.7 Å². The van der Waals surface area contributed by atoms with Crippen LogP contribution in [-0.2, 0) is 42.2 Å². The highest BCUT2D eigenvalue weighted by Gasteiger charge is 2.28. The molecule has 11 nitrogen and oxygen atoms in total. The molecule has 0 aliphatic carbocycles. The van der Waals surface area contributed by atoms with Crippen LogP contribution in [0, 0.1) is 0 Å². The van der Waals surface area contributed by atoms with Gasteiger partial charge in [-0.2, -0.15) is 0 Å². The van der Waals surface area contributed by atoms with Gasteiger partial charge < -0.3 is 24.2 Å². The maximum atomic E-state index is 12.9. The molecule has 0 aliphatic rings. The molecule has 0 heterocycles. The van der Waals surface area contributed by atoms with E-state index in [4.69, 9.17) is 23.3 Å². The van der Waals surface area contributed by atoms with Gasteiger partial charge in [-0.05, 0) is 89.9 Å². The zero-order valence-electron chi connectivity index (χ0n) is 47.9. The lowest BCUT2D eigenvalue weighted by atomic mass is 10.0. The highest BCUT2D eigenvalue weighted by atomic mass is 31.2. The lowest BCUT2D eigenvalue weighted by Crippen LogP contribution is -2.30. The van der Waals surface area contributed by atoms with Gasteiger partial charge in [-0.3, -0.25) is 23.4 Å². The first-order valence-electron chi connectivity index (χ1n) is 29.8. The van der Waals surface area contributed by atoms with Crippen LogP contribution in [0.2, 0.25) is 0 Å². The molecule has 0 bridgehead atoms. The van der Waals surface area contributed by atoms with Gasteiger partial charge in [0.05, 0.1) is 19.8 Å². The zero-order valence-corrected chi connectivity index (χ0v) is 48.8. The lowest BCUT2D eigenvalue weighted by molar-refractivity contribution is -0.161. The summed E-state index contributed by atoms with van der Waals surface area (Å²) in [7, 11) is -4.78. The van der Waals surface area contributed by atoms with Crippen LogP contribution < -0.4 is 0 Å². The van der Waals surface area contributed by atoms with Crippen LogP contribution >= 0.6 is 7.82 Å². The quantitative estimate of drug-likeness (QED) is 0.0197. The highest BCUT2D eigenvalue weighted by Crippen LogP contribution is 2.43. The Morgan fingerprint density at radius 1 is 0.382 bits per heavy atom. The van der Waals surface area contributed by atoms with Crippen LogP contribution in [0.25, 0.3) is 0 Å². The third-order valence-corrected chi connectivity index (χ3v) is 13.2. The molecule has 0 radical (unpaired) electrons. The summed E-state index contributed by atoms with van der Waals surface area (Å²) < 4.78 is 39.4. The number of phosphoric ester groups is 1. The molecular weight excluding hydrogens is 976 g/mol. The summed E-state index contributed by atoms with van der Waals surface area (Å²) in [5.41, 5.74) is 0. The molecule has 0 spiro atoms. The van der Waals surface area contributed by atoms with E-state index in [9.17, 15) is 28.9 Å². The van der Waals surface area contributed by atoms with Crippen molar-refractivity contribution in [1.82, 2.24) is 0 Å². The number of phosphoric acid groups is 1. The molecule has 76 heavy (non-hydrogen) atoms. The fourth-order valence-electron chi connectivity index (χ4n) is 7.75. The molecule has 0 saturated heterocycles. The molecule has 0 aromatic carbocycles. The Hall–Kier alpha value is -3.86. The molecule has 0 fully saturated rings. The van der Waals surface area contributed by atoms with E-state index in [1.165, 1.54) is 83.5 Å². The van der Waals surface area contributed by atoms with Gasteiger partial charge in [0, 0.05) is 19.3 Å². The van der Waals surface area contributed by atoms with Crippen LogP contribution in [0.15, 0.2) is 109 Å². The summed E-state index contributed by atoms with van der Waals surface area (Å²) in [4.78, 5) is 48.6. The SMILES string of the molecule is CC/C=C\C/C=C\C/C=C\C/C=C\C/C=C\CCCCCC(=O)OC(COC(=O)CCCCCCCCCCCCCCCCCCC)COP(=O)(O)OCC(CO)OC(=O)CC/C=C\C/C=C\C/C=C\C/C=C\CC. The van der Waals surface area contributed by atoms with Gasteiger partial charge in [0.1, 0.15) is 12.7 Å². The molecule has 3 unspecified atom stereocenters. The number of ether oxygens (including phenoxy) is 3. The largest absolute Gasteiger partial charge is 0.472 e. The number of carbonyl (C=O) groups excluding carboxylic acids is 3. The number of hydrogen-bond donors (Lipinski definition) is 2. The molecule has 0 saturated carbocycles. The van der Waals surface area contributed by atoms with E-state index in [1.807, 2.05) is 12.2 Å². The Kier molecular flexibility index (Phi) is 54.4. The maximum absolute atomic E-state index is 12.9. The van der Waals surface area contributed by atoms with Crippen molar-refractivity contribution < 1.29 is 52.2 Å². The van der Waals surface area contributed by atoms with Crippen LogP contribution in [0.3, 0.4) is 0 Å². The predicted molar refractivity (Wildman–Crippen MR) is 316 cm³/mol. The number of rotatable bonds is 54. The number of hydrogen-bond acceptors (Lipinski definition) is 10.